The van der Waals surface area contributed by atoms with Gasteiger partial charge >= 0.3 is 0 Å². The SMILES string of the molecule is CCC(C(N)=O)C1CN=C(c2cc3cc(Oc4ccc(S(C)(=O)=O)nc4)ccc3[nH]2)S1. The molecule has 31 heavy (non-hydrogen) atoms. The Kier molecular flexibility index (Phi) is 5.76. The van der Waals surface area contributed by atoms with E-state index in [4.69, 9.17) is 10.5 Å². The molecule has 0 aliphatic carbocycles. The van der Waals surface area contributed by atoms with E-state index in [1.807, 2.05) is 31.2 Å². The van der Waals surface area contributed by atoms with E-state index in [1.54, 1.807) is 17.8 Å². The number of H-pyrrole nitrogens is 1. The summed E-state index contributed by atoms with van der Waals surface area (Å²) in [6.45, 7) is 2.53. The predicted octanol–water partition coefficient (Wildman–Crippen LogP) is 3.13. The number of amides is 1. The monoisotopic (exact) mass is 458 g/mol. The first-order chi connectivity index (χ1) is 14.7. The Morgan fingerprint density at radius 1 is 1.29 bits per heavy atom. The molecule has 4 rings (SSSR count). The van der Waals surface area contributed by atoms with Gasteiger partial charge in [0.05, 0.1) is 24.4 Å². The highest BCUT2D eigenvalue weighted by atomic mass is 32.2. The second kappa shape index (κ2) is 8.35. The Morgan fingerprint density at radius 2 is 2.06 bits per heavy atom. The van der Waals surface area contributed by atoms with Crippen LogP contribution >= 0.6 is 11.8 Å². The van der Waals surface area contributed by atoms with Gasteiger partial charge in [-0.25, -0.2) is 13.4 Å². The van der Waals surface area contributed by atoms with Gasteiger partial charge in [0.25, 0.3) is 0 Å². The molecular weight excluding hydrogens is 436 g/mol. The summed E-state index contributed by atoms with van der Waals surface area (Å²) in [5.74, 6) is 0.566. The number of nitrogens with zero attached hydrogens (tertiary/aromatic N) is 2. The van der Waals surface area contributed by atoms with Gasteiger partial charge in [0.1, 0.15) is 16.5 Å². The van der Waals surface area contributed by atoms with E-state index in [1.165, 1.54) is 12.3 Å². The number of carbonyl (C=O) groups is 1. The largest absolute Gasteiger partial charge is 0.456 e. The number of aromatic nitrogens is 2. The number of pyridine rings is 1. The molecule has 3 aromatic rings. The first kappa shape index (κ1) is 21.4. The predicted molar refractivity (Wildman–Crippen MR) is 121 cm³/mol. The molecule has 162 valence electrons. The molecule has 2 unspecified atom stereocenters. The van der Waals surface area contributed by atoms with Crippen molar-refractivity contribution in [3.05, 3.63) is 48.3 Å². The summed E-state index contributed by atoms with van der Waals surface area (Å²) in [5.41, 5.74) is 7.34. The lowest BCUT2D eigenvalue weighted by molar-refractivity contribution is -0.121. The fourth-order valence-corrected chi connectivity index (χ4v) is 5.34. The average Bonchev–Trinajstić information content (AvgIpc) is 3.35. The Labute approximate surface area is 184 Å². The van der Waals surface area contributed by atoms with Crippen molar-refractivity contribution in [2.24, 2.45) is 16.6 Å². The van der Waals surface area contributed by atoms with Gasteiger partial charge in [0, 0.05) is 22.4 Å². The van der Waals surface area contributed by atoms with Crippen LogP contribution in [-0.2, 0) is 14.6 Å². The maximum absolute atomic E-state index is 11.7. The van der Waals surface area contributed by atoms with Gasteiger partial charge in [0.2, 0.25) is 5.91 Å². The van der Waals surface area contributed by atoms with Gasteiger partial charge in [-0.15, -0.1) is 0 Å². The summed E-state index contributed by atoms with van der Waals surface area (Å²) in [4.78, 5) is 23.6. The van der Waals surface area contributed by atoms with Gasteiger partial charge in [-0.3, -0.25) is 9.79 Å². The first-order valence-corrected chi connectivity index (χ1v) is 12.5. The highest BCUT2D eigenvalue weighted by Crippen LogP contribution is 2.33. The van der Waals surface area contributed by atoms with Crippen LogP contribution in [0.3, 0.4) is 0 Å². The third-order valence-electron chi connectivity index (χ3n) is 5.08. The molecule has 0 fully saturated rings. The van der Waals surface area contributed by atoms with Gasteiger partial charge in [-0.05, 0) is 42.8 Å². The lowest BCUT2D eigenvalue weighted by Crippen LogP contribution is -2.32. The second-order valence-corrected chi connectivity index (χ2v) is 10.5. The van der Waals surface area contributed by atoms with Gasteiger partial charge in [-0.2, -0.15) is 0 Å². The van der Waals surface area contributed by atoms with Crippen molar-refractivity contribution >= 4 is 43.5 Å². The van der Waals surface area contributed by atoms with E-state index in [0.717, 1.165) is 27.9 Å². The van der Waals surface area contributed by atoms with E-state index >= 15 is 0 Å². The second-order valence-electron chi connectivity index (χ2n) is 7.36. The third-order valence-corrected chi connectivity index (χ3v) is 7.43. The molecule has 2 aromatic heterocycles. The molecule has 10 heteroatoms. The average molecular weight is 459 g/mol. The van der Waals surface area contributed by atoms with Crippen molar-refractivity contribution in [1.82, 2.24) is 9.97 Å². The highest BCUT2D eigenvalue weighted by molar-refractivity contribution is 8.15. The van der Waals surface area contributed by atoms with Crippen LogP contribution in [0.2, 0.25) is 0 Å². The number of hydrogen-bond acceptors (Lipinski definition) is 7. The molecular formula is C21H22N4O4S2. The Hall–Kier alpha value is -2.85. The Morgan fingerprint density at radius 3 is 2.71 bits per heavy atom. The number of ether oxygens (including phenoxy) is 1. The zero-order valence-electron chi connectivity index (χ0n) is 17.0. The summed E-state index contributed by atoms with van der Waals surface area (Å²) in [7, 11) is -3.35. The zero-order chi connectivity index (χ0) is 22.2. The van der Waals surface area contributed by atoms with Crippen LogP contribution in [0, 0.1) is 5.92 Å². The smallest absolute Gasteiger partial charge is 0.221 e. The Balaban J connectivity index is 1.51. The number of rotatable bonds is 7. The summed E-state index contributed by atoms with van der Waals surface area (Å²) < 4.78 is 28.9. The number of aromatic amines is 1. The number of sulfone groups is 1. The lowest BCUT2D eigenvalue weighted by atomic mass is 10.0. The standard InChI is InChI=1S/C21H22N4O4S2/c1-3-15(20(22)26)18-11-24-21(30-18)17-9-12-8-13(4-6-16(12)25-17)29-14-5-7-19(23-10-14)31(2,27)28/h4-10,15,18,25H,3,11H2,1-2H3,(H2,22,26). The van der Waals surface area contributed by atoms with Crippen LogP contribution in [-0.4, -0.2) is 47.4 Å². The Bertz CT molecular complexity index is 1270. The number of primary amides is 1. The van der Waals surface area contributed by atoms with Crippen molar-refractivity contribution in [1.29, 1.82) is 0 Å². The number of benzene rings is 1. The molecule has 1 aliphatic heterocycles. The zero-order valence-corrected chi connectivity index (χ0v) is 18.7. The number of nitrogens with two attached hydrogens (primary N) is 1. The third kappa shape index (κ3) is 4.59. The van der Waals surface area contributed by atoms with Crippen LogP contribution in [0.4, 0.5) is 0 Å². The minimum atomic E-state index is -3.35. The maximum Gasteiger partial charge on any atom is 0.221 e. The molecule has 2 atom stereocenters. The highest BCUT2D eigenvalue weighted by Gasteiger charge is 2.31. The van der Waals surface area contributed by atoms with Gasteiger partial charge in [0.15, 0.2) is 14.9 Å². The number of hydrogen-bond donors (Lipinski definition) is 2. The molecule has 3 heterocycles. The van der Waals surface area contributed by atoms with Crippen molar-refractivity contribution in [3.8, 4) is 11.5 Å². The molecule has 3 N–H and O–H groups in total. The summed E-state index contributed by atoms with van der Waals surface area (Å²) in [6, 6.07) is 10.6. The van der Waals surface area contributed by atoms with Crippen LogP contribution < -0.4 is 10.5 Å². The molecule has 0 spiro atoms. The number of nitrogens with one attached hydrogen (secondary N) is 1. The lowest BCUT2D eigenvalue weighted by Gasteiger charge is -2.16. The fourth-order valence-electron chi connectivity index (χ4n) is 3.47. The van der Waals surface area contributed by atoms with Crippen molar-refractivity contribution in [2.45, 2.75) is 23.6 Å². The number of carbonyl (C=O) groups excluding carboxylic acids is 1. The summed E-state index contributed by atoms with van der Waals surface area (Å²) in [6.07, 6.45) is 3.19. The molecule has 1 amide bonds. The number of fused-ring (bicyclic) bond motifs is 1. The molecule has 0 saturated carbocycles. The molecule has 0 radical (unpaired) electrons. The fraction of sp³-hybridized carbons (Fsp3) is 0.286. The van der Waals surface area contributed by atoms with E-state index in [-0.39, 0.29) is 22.1 Å². The van der Waals surface area contributed by atoms with E-state index < -0.39 is 9.84 Å². The minimum absolute atomic E-state index is 0.000341. The van der Waals surface area contributed by atoms with Crippen molar-refractivity contribution in [3.63, 3.8) is 0 Å². The molecule has 1 aromatic carbocycles. The number of thioether (sulfide) groups is 1. The van der Waals surface area contributed by atoms with Crippen molar-refractivity contribution < 1.29 is 17.9 Å². The molecule has 0 saturated heterocycles. The molecule has 1 aliphatic rings. The maximum atomic E-state index is 11.7. The number of aliphatic imine (C=N–C) groups is 1. The summed E-state index contributed by atoms with van der Waals surface area (Å²) in [5, 5.41) is 1.87. The van der Waals surface area contributed by atoms with E-state index in [9.17, 15) is 13.2 Å². The molecule has 8 nitrogen and oxygen atoms in total. The van der Waals surface area contributed by atoms with Gasteiger partial charge < -0.3 is 15.5 Å². The minimum Gasteiger partial charge on any atom is -0.456 e. The normalized spacial score (nSPS) is 17.5. The van der Waals surface area contributed by atoms with E-state index in [0.29, 0.717) is 24.5 Å². The van der Waals surface area contributed by atoms with Crippen LogP contribution in [0.1, 0.15) is 19.0 Å². The quantitative estimate of drug-likeness (QED) is 0.560. The molecule has 0 bridgehead atoms. The topological polar surface area (TPSA) is 128 Å². The summed E-state index contributed by atoms with van der Waals surface area (Å²) >= 11 is 1.58. The van der Waals surface area contributed by atoms with E-state index in [2.05, 4.69) is 15.0 Å². The first-order valence-electron chi connectivity index (χ1n) is 9.72. The van der Waals surface area contributed by atoms with Crippen LogP contribution in [0.15, 0.2) is 52.6 Å². The van der Waals surface area contributed by atoms with Crippen LogP contribution in [0.25, 0.3) is 10.9 Å². The van der Waals surface area contributed by atoms with Crippen LogP contribution in [0.5, 0.6) is 11.5 Å². The van der Waals surface area contributed by atoms with Gasteiger partial charge in [-0.1, -0.05) is 18.7 Å². The van der Waals surface area contributed by atoms with Crippen molar-refractivity contribution in [2.75, 3.05) is 12.8 Å².